The highest BCUT2D eigenvalue weighted by molar-refractivity contribution is 6.55. The van der Waals surface area contributed by atoms with Gasteiger partial charge in [0.1, 0.15) is 0 Å². The Morgan fingerprint density at radius 3 is 1.29 bits per heavy atom. The Balaban J connectivity index is -0.000000180. The molecule has 0 spiro atoms. The molecule has 17 heavy (non-hydrogen) atoms. The van der Waals surface area contributed by atoms with Crippen molar-refractivity contribution in [2.24, 2.45) is 0 Å². The third-order valence-electron chi connectivity index (χ3n) is 1.14. The Morgan fingerprint density at radius 1 is 1.06 bits per heavy atom. The van der Waals surface area contributed by atoms with E-state index in [4.69, 9.17) is 33.4 Å². The van der Waals surface area contributed by atoms with Crippen molar-refractivity contribution < 1.29 is 19.8 Å². The van der Waals surface area contributed by atoms with Gasteiger partial charge in [0.2, 0.25) is 0 Å². The predicted molar refractivity (Wildman–Crippen MR) is 70.4 cm³/mol. The molecule has 0 unspecified atom stereocenters. The molecule has 0 aliphatic rings. The van der Waals surface area contributed by atoms with Crippen molar-refractivity contribution in [2.75, 3.05) is 0 Å². The minimum absolute atomic E-state index is 0.111. The van der Waals surface area contributed by atoms with Gasteiger partial charge >= 0.3 is 11.9 Å². The maximum atomic E-state index is 9.86. The van der Waals surface area contributed by atoms with E-state index in [9.17, 15) is 9.59 Å². The van der Waals surface area contributed by atoms with Crippen molar-refractivity contribution in [1.29, 1.82) is 0 Å². The van der Waals surface area contributed by atoms with Crippen molar-refractivity contribution in [3.8, 4) is 0 Å². The van der Waals surface area contributed by atoms with Crippen LogP contribution in [-0.2, 0) is 9.59 Å². The zero-order chi connectivity index (χ0) is 14.6. The summed E-state index contributed by atoms with van der Waals surface area (Å²) >= 11 is 9.69. The molecule has 0 rings (SSSR count). The van der Waals surface area contributed by atoms with Crippen LogP contribution in [0.25, 0.3) is 0 Å². The smallest absolute Gasteiger partial charge is 0.330 e. The van der Waals surface area contributed by atoms with Crippen molar-refractivity contribution in [3.63, 3.8) is 0 Å². The average Bonchev–Trinajstić information content (AvgIpc) is 2.16. The Kier molecular flexibility index (Phi) is 15.9. The molecule has 0 radical (unpaired) electrons. The monoisotopic (exact) mass is 282 g/mol. The number of aliphatic carboxylic acids is 2. The second kappa shape index (κ2) is 12.8. The Morgan fingerprint density at radius 2 is 1.29 bits per heavy atom. The van der Waals surface area contributed by atoms with Gasteiger partial charge in [-0.1, -0.05) is 42.4 Å². The number of carboxylic acid groups (broad SMARTS) is 2. The third-order valence-corrected chi connectivity index (χ3v) is 1.14. The molecule has 0 fully saturated rings. The Labute approximate surface area is 111 Å². The molecule has 0 heterocycles. The van der Waals surface area contributed by atoms with E-state index in [0.717, 1.165) is 0 Å². The molecule has 6 heteroatoms. The van der Waals surface area contributed by atoms with E-state index >= 15 is 0 Å². The molecule has 0 saturated heterocycles. The van der Waals surface area contributed by atoms with E-state index in [1.165, 1.54) is 6.92 Å². The number of carbonyl (C=O) groups is 2. The summed E-state index contributed by atoms with van der Waals surface area (Å²) in [7, 11) is 0. The topological polar surface area (TPSA) is 74.6 Å². The quantitative estimate of drug-likeness (QED) is 0.759. The number of allylic oxidation sites excluding steroid dienone is 1. The van der Waals surface area contributed by atoms with Gasteiger partial charge in [-0.05, 0) is 20.8 Å². The van der Waals surface area contributed by atoms with Gasteiger partial charge < -0.3 is 10.2 Å². The first-order valence-electron chi connectivity index (χ1n) is 4.31. The predicted octanol–water partition coefficient (Wildman–Crippen LogP) is 3.62. The van der Waals surface area contributed by atoms with E-state index < -0.39 is 11.9 Å². The van der Waals surface area contributed by atoms with Gasteiger partial charge in [-0.25, -0.2) is 9.59 Å². The largest absolute Gasteiger partial charge is 0.478 e. The lowest BCUT2D eigenvalue weighted by Crippen LogP contribution is -1.93. The van der Waals surface area contributed by atoms with Crippen LogP contribution >= 0.6 is 23.2 Å². The summed E-state index contributed by atoms with van der Waals surface area (Å²) in [5, 5.41) is 16.0. The molecule has 4 nitrogen and oxygen atoms in total. The number of rotatable bonds is 2. The molecule has 0 saturated carbocycles. The van der Waals surface area contributed by atoms with Crippen LogP contribution in [0.4, 0.5) is 0 Å². The van der Waals surface area contributed by atoms with Crippen LogP contribution in [0.1, 0.15) is 20.8 Å². The zero-order valence-corrected chi connectivity index (χ0v) is 11.5. The molecule has 0 atom stereocenters. The van der Waals surface area contributed by atoms with Crippen LogP contribution in [0.2, 0.25) is 0 Å². The summed E-state index contributed by atoms with van der Waals surface area (Å²) in [6.07, 6.45) is 1.56. The fourth-order valence-electron chi connectivity index (χ4n) is 0.123. The first-order valence-corrected chi connectivity index (χ1v) is 5.06. The second-order valence-electron chi connectivity index (χ2n) is 2.70. The van der Waals surface area contributed by atoms with Crippen molar-refractivity contribution in [2.45, 2.75) is 20.8 Å². The first kappa shape index (κ1) is 21.1. The lowest BCUT2D eigenvalue weighted by Gasteiger charge is -1.84. The van der Waals surface area contributed by atoms with Crippen molar-refractivity contribution >= 4 is 35.1 Å². The van der Waals surface area contributed by atoms with E-state index in [1.54, 1.807) is 19.9 Å². The molecule has 0 aromatic carbocycles. The van der Waals surface area contributed by atoms with Gasteiger partial charge in [0, 0.05) is 11.1 Å². The SMILES string of the molecule is C=C(C)C(=O)O.C=C(Cl)Cl.CC=C(C)C(=O)O. The number of hydrogen-bond donors (Lipinski definition) is 2. The van der Waals surface area contributed by atoms with Crippen LogP contribution in [0, 0.1) is 0 Å². The second-order valence-corrected chi connectivity index (χ2v) is 3.81. The van der Waals surface area contributed by atoms with Gasteiger partial charge in [0.15, 0.2) is 0 Å². The normalized spacial score (nSPS) is 8.88. The minimum Gasteiger partial charge on any atom is -0.478 e. The van der Waals surface area contributed by atoms with Crippen LogP contribution in [0.3, 0.4) is 0 Å². The first-order chi connectivity index (χ1) is 7.56. The highest BCUT2D eigenvalue weighted by Gasteiger charge is 1.93. The van der Waals surface area contributed by atoms with Gasteiger partial charge in [-0.2, -0.15) is 0 Å². The molecular formula is C11H16Cl2O4. The molecule has 0 aromatic heterocycles. The third kappa shape index (κ3) is 31.3. The molecule has 98 valence electrons. The fourth-order valence-corrected chi connectivity index (χ4v) is 0.123. The number of halogens is 2. The molecule has 0 bridgehead atoms. The van der Waals surface area contributed by atoms with E-state index in [-0.39, 0.29) is 10.1 Å². The summed E-state index contributed by atoms with van der Waals surface area (Å²) in [5.41, 5.74) is 0.565. The zero-order valence-electron chi connectivity index (χ0n) is 9.96. The highest BCUT2D eigenvalue weighted by atomic mass is 35.5. The molecule has 0 aromatic rings. The minimum atomic E-state index is -0.935. The molecule has 0 aliphatic heterocycles. The van der Waals surface area contributed by atoms with Gasteiger partial charge in [-0.3, -0.25) is 0 Å². The van der Waals surface area contributed by atoms with Gasteiger partial charge in [-0.15, -0.1) is 0 Å². The maximum absolute atomic E-state index is 9.86. The summed E-state index contributed by atoms with van der Waals surface area (Å²) in [6.45, 7) is 10.9. The molecule has 2 N–H and O–H groups in total. The Bertz CT molecular complexity index is 303. The van der Waals surface area contributed by atoms with Gasteiger partial charge in [0.05, 0.1) is 4.49 Å². The van der Waals surface area contributed by atoms with E-state index in [0.29, 0.717) is 5.57 Å². The fraction of sp³-hybridized carbons (Fsp3) is 0.273. The standard InChI is InChI=1S/C5H8O2.C4H6O2.C2H2Cl2/c1-3-4(2)5(6)7;1-3(2)4(5)6;1-2(3)4/h3H,1-2H3,(H,6,7);1H2,2H3,(H,5,6);1H2. The number of hydrogen-bond acceptors (Lipinski definition) is 2. The van der Waals surface area contributed by atoms with Crippen LogP contribution in [0.5, 0.6) is 0 Å². The number of carboxylic acids is 2. The average molecular weight is 283 g/mol. The molecule has 0 aliphatic carbocycles. The highest BCUT2D eigenvalue weighted by Crippen LogP contribution is 1.98. The van der Waals surface area contributed by atoms with Crippen LogP contribution in [0.15, 0.2) is 34.9 Å². The van der Waals surface area contributed by atoms with Crippen LogP contribution in [-0.4, -0.2) is 22.2 Å². The van der Waals surface area contributed by atoms with Crippen LogP contribution < -0.4 is 0 Å². The summed E-state index contributed by atoms with van der Waals surface area (Å²) in [5.74, 6) is -1.78. The van der Waals surface area contributed by atoms with E-state index in [2.05, 4.69) is 13.2 Å². The summed E-state index contributed by atoms with van der Waals surface area (Å²) in [4.78, 5) is 19.5. The maximum Gasteiger partial charge on any atom is 0.330 e. The summed E-state index contributed by atoms with van der Waals surface area (Å²) < 4.78 is 0.111. The lowest BCUT2D eigenvalue weighted by atomic mass is 10.3. The van der Waals surface area contributed by atoms with E-state index in [1.807, 2.05) is 0 Å². The van der Waals surface area contributed by atoms with Crippen molar-refractivity contribution in [3.05, 3.63) is 34.9 Å². The molecular weight excluding hydrogens is 267 g/mol. The lowest BCUT2D eigenvalue weighted by molar-refractivity contribution is -0.133. The van der Waals surface area contributed by atoms with Crippen molar-refractivity contribution in [1.82, 2.24) is 0 Å². The summed E-state index contributed by atoms with van der Waals surface area (Å²) in [6, 6.07) is 0. The van der Waals surface area contributed by atoms with Gasteiger partial charge in [0.25, 0.3) is 0 Å². The Hall–Kier alpha value is -1.26. The molecule has 0 amide bonds.